The zero-order chi connectivity index (χ0) is 11.0. The van der Waals surface area contributed by atoms with Gasteiger partial charge in [-0.2, -0.15) is 0 Å². The Hall–Kier alpha value is -1.14. The van der Waals surface area contributed by atoms with E-state index in [0.717, 1.165) is 12.8 Å². The molecule has 0 aliphatic carbocycles. The van der Waals surface area contributed by atoms with Gasteiger partial charge in [0.15, 0.2) is 6.61 Å². The summed E-state index contributed by atoms with van der Waals surface area (Å²) in [6.45, 7) is 1.67. The molecule has 82 valence electrons. The quantitative estimate of drug-likeness (QED) is 0.463. The molecule has 0 rings (SSSR count). The van der Waals surface area contributed by atoms with Gasteiger partial charge < -0.3 is 11.5 Å². The molecule has 0 heterocycles. The summed E-state index contributed by atoms with van der Waals surface area (Å²) in [5, 5.41) is 0. The van der Waals surface area contributed by atoms with Crippen molar-refractivity contribution in [2.24, 2.45) is 11.5 Å². The Bertz CT molecular complexity index is 196. The van der Waals surface area contributed by atoms with Crippen molar-refractivity contribution in [1.29, 1.82) is 0 Å². The Balaban J connectivity index is 3.56. The lowest BCUT2D eigenvalue weighted by Gasteiger charge is -2.10. The molecule has 14 heavy (non-hydrogen) atoms. The lowest BCUT2D eigenvalue weighted by Crippen LogP contribution is -2.41. The first kappa shape index (κ1) is 12.9. The molecule has 6 nitrogen and oxygen atoms in total. The summed E-state index contributed by atoms with van der Waals surface area (Å²) in [4.78, 5) is 25.9. The first-order chi connectivity index (χ1) is 6.57. The van der Waals surface area contributed by atoms with Crippen LogP contribution in [0.4, 0.5) is 0 Å². The minimum atomic E-state index is -0.646. The van der Waals surface area contributed by atoms with E-state index in [1.54, 1.807) is 0 Å². The first-order valence-electron chi connectivity index (χ1n) is 4.53. The number of carbonyl (C=O) groups excluding carboxylic acids is 2. The smallest absolute Gasteiger partial charge is 0.260 e. The second kappa shape index (κ2) is 7.28. The molecule has 0 saturated heterocycles. The van der Waals surface area contributed by atoms with Crippen LogP contribution >= 0.6 is 0 Å². The fourth-order valence-electron chi connectivity index (χ4n) is 0.809. The number of hydroxylamine groups is 1. The molecule has 0 aromatic rings. The van der Waals surface area contributed by atoms with E-state index in [1.165, 1.54) is 0 Å². The molecule has 0 aromatic carbocycles. The third-order valence-corrected chi connectivity index (χ3v) is 1.59. The zero-order valence-corrected chi connectivity index (χ0v) is 8.29. The third kappa shape index (κ3) is 6.38. The van der Waals surface area contributed by atoms with Crippen molar-refractivity contribution < 1.29 is 14.4 Å². The van der Waals surface area contributed by atoms with Crippen molar-refractivity contribution in [3.05, 3.63) is 0 Å². The van der Waals surface area contributed by atoms with E-state index in [2.05, 4.69) is 10.3 Å². The average molecular weight is 203 g/mol. The molecule has 0 bridgehead atoms. The number of nitrogens with two attached hydrogens (primary N) is 2. The number of amides is 2. The summed E-state index contributed by atoms with van der Waals surface area (Å²) < 4.78 is 0. The minimum absolute atomic E-state index is 0.341. The van der Waals surface area contributed by atoms with E-state index in [0.29, 0.717) is 6.42 Å². The Labute approximate surface area is 82.9 Å². The second-order valence-electron chi connectivity index (χ2n) is 2.97. The van der Waals surface area contributed by atoms with Gasteiger partial charge in [-0.05, 0) is 6.42 Å². The van der Waals surface area contributed by atoms with E-state index in [-0.39, 0.29) is 6.61 Å². The van der Waals surface area contributed by atoms with Crippen LogP contribution in [0.25, 0.3) is 0 Å². The molecule has 5 N–H and O–H groups in total. The van der Waals surface area contributed by atoms with Crippen LogP contribution in [-0.4, -0.2) is 24.5 Å². The Morgan fingerprint density at radius 2 is 2.14 bits per heavy atom. The van der Waals surface area contributed by atoms with Gasteiger partial charge in [-0.25, -0.2) is 5.48 Å². The van der Waals surface area contributed by atoms with Gasteiger partial charge in [-0.3, -0.25) is 14.4 Å². The van der Waals surface area contributed by atoms with E-state index < -0.39 is 17.9 Å². The van der Waals surface area contributed by atoms with Crippen LogP contribution in [0.15, 0.2) is 0 Å². The largest absolute Gasteiger partial charge is 0.368 e. The topological polar surface area (TPSA) is 107 Å². The Morgan fingerprint density at radius 1 is 1.50 bits per heavy atom. The lowest BCUT2D eigenvalue weighted by atomic mass is 10.1. The number of rotatable bonds is 7. The Kier molecular flexibility index (Phi) is 6.69. The molecular formula is C8H17N3O3. The van der Waals surface area contributed by atoms with Crippen LogP contribution in [0, 0.1) is 0 Å². The predicted molar refractivity (Wildman–Crippen MR) is 50.8 cm³/mol. The number of primary amides is 1. The predicted octanol–water partition coefficient (Wildman–Crippen LogP) is -0.963. The van der Waals surface area contributed by atoms with Gasteiger partial charge in [0.05, 0.1) is 6.04 Å². The zero-order valence-electron chi connectivity index (χ0n) is 8.29. The Morgan fingerprint density at radius 3 is 2.64 bits per heavy atom. The molecule has 0 aliphatic heterocycles. The fraction of sp³-hybridized carbons (Fsp3) is 0.750. The molecule has 0 spiro atoms. The molecule has 0 unspecified atom stereocenters. The van der Waals surface area contributed by atoms with Gasteiger partial charge in [-0.1, -0.05) is 19.8 Å². The number of carbonyl (C=O) groups is 2. The maximum absolute atomic E-state index is 11.1. The molecule has 0 aromatic heterocycles. The van der Waals surface area contributed by atoms with Crippen molar-refractivity contribution in [3.63, 3.8) is 0 Å². The third-order valence-electron chi connectivity index (χ3n) is 1.59. The summed E-state index contributed by atoms with van der Waals surface area (Å²) >= 11 is 0. The van der Waals surface area contributed by atoms with E-state index in [9.17, 15) is 9.59 Å². The van der Waals surface area contributed by atoms with Crippen LogP contribution in [0.2, 0.25) is 0 Å². The van der Waals surface area contributed by atoms with Gasteiger partial charge in [-0.15, -0.1) is 0 Å². The van der Waals surface area contributed by atoms with Gasteiger partial charge in [0.2, 0.25) is 5.91 Å². The highest BCUT2D eigenvalue weighted by Gasteiger charge is 2.12. The van der Waals surface area contributed by atoms with E-state index >= 15 is 0 Å². The number of hydrogen-bond donors (Lipinski definition) is 3. The summed E-state index contributed by atoms with van der Waals surface area (Å²) in [5.41, 5.74) is 12.4. The highest BCUT2D eigenvalue weighted by atomic mass is 16.7. The van der Waals surface area contributed by atoms with Gasteiger partial charge in [0.25, 0.3) is 5.91 Å². The molecule has 6 heteroatoms. The van der Waals surface area contributed by atoms with Gasteiger partial charge in [0.1, 0.15) is 0 Å². The molecule has 0 saturated carbocycles. The van der Waals surface area contributed by atoms with Crippen LogP contribution in [-0.2, 0) is 14.4 Å². The van der Waals surface area contributed by atoms with Crippen LogP contribution in [0.5, 0.6) is 0 Å². The summed E-state index contributed by atoms with van der Waals surface area (Å²) in [7, 11) is 0. The van der Waals surface area contributed by atoms with Crippen LogP contribution < -0.4 is 16.9 Å². The molecule has 0 fully saturated rings. The average Bonchev–Trinajstić information content (AvgIpc) is 2.13. The normalized spacial score (nSPS) is 12.1. The van der Waals surface area contributed by atoms with Crippen molar-refractivity contribution in [1.82, 2.24) is 5.48 Å². The van der Waals surface area contributed by atoms with E-state index in [4.69, 9.17) is 11.5 Å². The van der Waals surface area contributed by atoms with Crippen molar-refractivity contribution in [2.75, 3.05) is 6.61 Å². The minimum Gasteiger partial charge on any atom is -0.368 e. The number of unbranched alkanes of at least 4 members (excludes halogenated alkanes) is 1. The molecule has 2 amide bonds. The highest BCUT2D eigenvalue weighted by molar-refractivity contribution is 5.81. The maximum Gasteiger partial charge on any atom is 0.260 e. The summed E-state index contributed by atoms with van der Waals surface area (Å²) in [6.07, 6.45) is 2.45. The molecular weight excluding hydrogens is 186 g/mol. The van der Waals surface area contributed by atoms with Crippen LogP contribution in [0.1, 0.15) is 26.2 Å². The molecule has 1 atom stereocenters. The van der Waals surface area contributed by atoms with Crippen molar-refractivity contribution in [2.45, 2.75) is 32.2 Å². The molecule has 0 radical (unpaired) electrons. The standard InChI is InChI=1S/C8H17N3O3/c1-2-3-4-6(9)8(13)11-14-5-7(10)12/h6H,2-5,9H2,1H3,(H2,10,12)(H,11,13)/t6-/m0/s1. The first-order valence-corrected chi connectivity index (χ1v) is 4.53. The van der Waals surface area contributed by atoms with Crippen LogP contribution in [0.3, 0.4) is 0 Å². The summed E-state index contributed by atoms with van der Waals surface area (Å²) in [6, 6.07) is -0.595. The highest BCUT2D eigenvalue weighted by Crippen LogP contribution is 1.97. The lowest BCUT2D eigenvalue weighted by molar-refractivity contribution is -0.139. The van der Waals surface area contributed by atoms with Gasteiger partial charge in [0, 0.05) is 0 Å². The number of nitrogens with one attached hydrogen (secondary N) is 1. The number of hydrogen-bond acceptors (Lipinski definition) is 4. The maximum atomic E-state index is 11.1. The van der Waals surface area contributed by atoms with Crippen molar-refractivity contribution in [3.8, 4) is 0 Å². The second-order valence-corrected chi connectivity index (χ2v) is 2.97. The molecule has 0 aliphatic rings. The van der Waals surface area contributed by atoms with Crippen molar-refractivity contribution >= 4 is 11.8 Å². The van der Waals surface area contributed by atoms with E-state index in [1.807, 2.05) is 6.92 Å². The SMILES string of the molecule is CCCC[C@H](N)C(=O)NOCC(N)=O. The van der Waals surface area contributed by atoms with Gasteiger partial charge >= 0.3 is 0 Å². The summed E-state index contributed by atoms with van der Waals surface area (Å²) in [5.74, 6) is -1.08. The monoisotopic (exact) mass is 203 g/mol. The fourth-order valence-corrected chi connectivity index (χ4v) is 0.809.